The number of thioether (sulfide) groups is 1. The van der Waals surface area contributed by atoms with Gasteiger partial charge in [-0.25, -0.2) is 15.0 Å². The van der Waals surface area contributed by atoms with E-state index >= 15 is 0 Å². The molecule has 0 aliphatic carbocycles. The van der Waals surface area contributed by atoms with Gasteiger partial charge in [0, 0.05) is 0 Å². The third-order valence-electron chi connectivity index (χ3n) is 1.38. The SMILES string of the molecule is CSc1ncnc2nc[nH]c12.[CH3-].[K+]. The quantitative estimate of drug-likeness (QED) is 0.276. The minimum Gasteiger partial charge on any atom is -0.358 e. The van der Waals surface area contributed by atoms with Gasteiger partial charge in [-0.15, -0.1) is 11.8 Å². The van der Waals surface area contributed by atoms with Crippen molar-refractivity contribution in [3.63, 3.8) is 0 Å². The summed E-state index contributed by atoms with van der Waals surface area (Å²) in [4.78, 5) is 15.1. The molecule has 0 aromatic carbocycles. The molecule has 0 atom stereocenters. The molecule has 0 aliphatic rings. The van der Waals surface area contributed by atoms with Crippen LogP contribution in [0.4, 0.5) is 0 Å². The molecular formula is C7H9KN4S. The first kappa shape index (κ1) is 13.5. The number of H-pyrrole nitrogens is 1. The van der Waals surface area contributed by atoms with E-state index in [2.05, 4.69) is 19.9 Å². The average molecular weight is 220 g/mol. The molecule has 64 valence electrons. The number of hydrogen-bond donors (Lipinski definition) is 1. The van der Waals surface area contributed by atoms with Gasteiger partial charge in [-0.3, -0.25) is 0 Å². The van der Waals surface area contributed by atoms with Gasteiger partial charge in [-0.05, 0) is 6.26 Å². The topological polar surface area (TPSA) is 54.5 Å². The van der Waals surface area contributed by atoms with Gasteiger partial charge in [0.1, 0.15) is 16.9 Å². The average Bonchev–Trinajstić information content (AvgIpc) is 2.50. The van der Waals surface area contributed by atoms with Crippen molar-refractivity contribution < 1.29 is 51.4 Å². The molecule has 0 aliphatic heterocycles. The Kier molecular flexibility index (Phi) is 6.35. The molecule has 0 bridgehead atoms. The Balaban J connectivity index is 0.000000720. The molecule has 0 fully saturated rings. The smallest absolute Gasteiger partial charge is 0.358 e. The second-order valence-corrected chi connectivity index (χ2v) is 2.78. The summed E-state index contributed by atoms with van der Waals surface area (Å²) in [5.74, 6) is 0. The van der Waals surface area contributed by atoms with Crippen LogP contribution in [0.15, 0.2) is 17.7 Å². The van der Waals surface area contributed by atoms with E-state index in [1.54, 1.807) is 18.1 Å². The third kappa shape index (κ3) is 2.74. The minimum atomic E-state index is 0. The molecule has 2 rings (SSSR count). The number of nitrogens with zero attached hydrogens (tertiary/aromatic N) is 3. The first-order valence-corrected chi connectivity index (χ1v) is 4.32. The van der Waals surface area contributed by atoms with Crippen LogP contribution in [0, 0.1) is 7.43 Å². The normalized spacial score (nSPS) is 9.00. The van der Waals surface area contributed by atoms with Crippen molar-refractivity contribution in [1.82, 2.24) is 19.9 Å². The third-order valence-corrected chi connectivity index (χ3v) is 2.08. The number of rotatable bonds is 1. The van der Waals surface area contributed by atoms with E-state index in [9.17, 15) is 0 Å². The zero-order valence-corrected chi connectivity index (χ0v) is 11.8. The number of aromatic amines is 1. The Morgan fingerprint density at radius 2 is 2.08 bits per heavy atom. The van der Waals surface area contributed by atoms with Gasteiger partial charge in [0.25, 0.3) is 0 Å². The largest absolute Gasteiger partial charge is 1.00 e. The van der Waals surface area contributed by atoms with Crippen molar-refractivity contribution in [2.75, 3.05) is 6.26 Å². The summed E-state index contributed by atoms with van der Waals surface area (Å²) in [6, 6.07) is 0. The van der Waals surface area contributed by atoms with Gasteiger partial charge >= 0.3 is 51.4 Å². The standard InChI is InChI=1S/C6H6N4S.CH3.K/c1-11-6-4-5(8-2-7-4)9-3-10-6;;/h2-3H,1H3,(H,7,8,9,10);1H3;/q;-1;+1. The monoisotopic (exact) mass is 220 g/mol. The van der Waals surface area contributed by atoms with Crippen molar-refractivity contribution in [2.24, 2.45) is 0 Å². The molecule has 0 saturated carbocycles. The first-order chi connectivity index (χ1) is 5.42. The number of imidazole rings is 1. The summed E-state index contributed by atoms with van der Waals surface area (Å²) >= 11 is 1.58. The van der Waals surface area contributed by atoms with Crippen LogP contribution in [-0.2, 0) is 0 Å². The molecule has 2 aromatic rings. The zero-order valence-electron chi connectivity index (χ0n) is 7.90. The zero-order chi connectivity index (χ0) is 7.68. The van der Waals surface area contributed by atoms with E-state index in [4.69, 9.17) is 0 Å². The van der Waals surface area contributed by atoms with Gasteiger partial charge in [0.15, 0.2) is 5.65 Å². The number of hydrogen-bond acceptors (Lipinski definition) is 4. The summed E-state index contributed by atoms with van der Waals surface area (Å²) in [6.45, 7) is 0. The van der Waals surface area contributed by atoms with Crippen LogP contribution >= 0.6 is 11.8 Å². The van der Waals surface area contributed by atoms with Gasteiger partial charge < -0.3 is 12.4 Å². The van der Waals surface area contributed by atoms with E-state index in [-0.39, 0.29) is 58.8 Å². The fourth-order valence-electron chi connectivity index (χ4n) is 0.898. The Hall–Kier alpha value is 0.536. The molecule has 6 heteroatoms. The maximum Gasteiger partial charge on any atom is 1.00 e. The number of nitrogens with one attached hydrogen (secondary N) is 1. The molecule has 1 N–H and O–H groups in total. The van der Waals surface area contributed by atoms with Crippen LogP contribution in [0.25, 0.3) is 11.2 Å². The second-order valence-electron chi connectivity index (χ2n) is 1.98. The molecule has 2 aromatic heterocycles. The van der Waals surface area contributed by atoms with Crippen LogP contribution in [0.3, 0.4) is 0 Å². The molecule has 0 radical (unpaired) electrons. The van der Waals surface area contributed by atoms with E-state index < -0.39 is 0 Å². The second kappa shape index (κ2) is 6.10. The van der Waals surface area contributed by atoms with Gasteiger partial charge in [-0.2, -0.15) is 0 Å². The van der Waals surface area contributed by atoms with E-state index in [1.807, 2.05) is 6.26 Å². The van der Waals surface area contributed by atoms with Crippen LogP contribution in [0.5, 0.6) is 0 Å². The van der Waals surface area contributed by atoms with Gasteiger partial charge in [0.05, 0.1) is 6.33 Å². The molecule has 0 spiro atoms. The maximum atomic E-state index is 4.08. The number of fused-ring (bicyclic) bond motifs is 1. The Morgan fingerprint density at radius 1 is 1.31 bits per heavy atom. The van der Waals surface area contributed by atoms with Crippen LogP contribution in [-0.4, -0.2) is 26.2 Å². The van der Waals surface area contributed by atoms with Crippen LogP contribution in [0.1, 0.15) is 0 Å². The fraction of sp³-hybridized carbons (Fsp3) is 0.143. The molecule has 0 saturated heterocycles. The van der Waals surface area contributed by atoms with E-state index in [1.165, 1.54) is 6.33 Å². The summed E-state index contributed by atoms with van der Waals surface area (Å²) < 4.78 is 0. The van der Waals surface area contributed by atoms with Crippen molar-refractivity contribution in [1.29, 1.82) is 0 Å². The molecule has 0 unspecified atom stereocenters. The van der Waals surface area contributed by atoms with Gasteiger partial charge in [-0.1, -0.05) is 0 Å². The van der Waals surface area contributed by atoms with Crippen molar-refractivity contribution in [3.05, 3.63) is 20.1 Å². The minimum absolute atomic E-state index is 0. The molecule has 4 nitrogen and oxygen atoms in total. The van der Waals surface area contributed by atoms with Crippen molar-refractivity contribution >= 4 is 22.9 Å². The van der Waals surface area contributed by atoms with E-state index in [0.29, 0.717) is 0 Å². The molecule has 0 amide bonds. The summed E-state index contributed by atoms with van der Waals surface area (Å²) in [5.41, 5.74) is 1.64. The maximum absolute atomic E-state index is 4.08. The number of aromatic nitrogens is 4. The van der Waals surface area contributed by atoms with Crippen molar-refractivity contribution in [2.45, 2.75) is 5.03 Å². The van der Waals surface area contributed by atoms with Crippen LogP contribution in [0.2, 0.25) is 0 Å². The fourth-order valence-corrected chi connectivity index (χ4v) is 1.40. The summed E-state index contributed by atoms with van der Waals surface area (Å²) in [5, 5.41) is 0.938. The Labute approximate surface area is 124 Å². The molecule has 2 heterocycles. The molecule has 13 heavy (non-hydrogen) atoms. The van der Waals surface area contributed by atoms with Gasteiger partial charge in [0.2, 0.25) is 0 Å². The summed E-state index contributed by atoms with van der Waals surface area (Å²) in [6.07, 6.45) is 5.12. The predicted molar refractivity (Wildman–Crippen MR) is 49.9 cm³/mol. The van der Waals surface area contributed by atoms with Crippen molar-refractivity contribution in [3.8, 4) is 0 Å². The Bertz CT molecular complexity index is 375. The van der Waals surface area contributed by atoms with E-state index in [0.717, 1.165) is 16.2 Å². The van der Waals surface area contributed by atoms with Crippen LogP contribution < -0.4 is 51.4 Å². The first-order valence-electron chi connectivity index (χ1n) is 3.10. The molecular weight excluding hydrogens is 211 g/mol. The predicted octanol–water partition coefficient (Wildman–Crippen LogP) is -1.47. The summed E-state index contributed by atoms with van der Waals surface area (Å²) in [7, 11) is 0. The Morgan fingerprint density at radius 3 is 2.77 bits per heavy atom.